The summed E-state index contributed by atoms with van der Waals surface area (Å²) in [5, 5.41) is 14.4. The summed E-state index contributed by atoms with van der Waals surface area (Å²) >= 11 is 0. The Labute approximate surface area is 188 Å². The summed E-state index contributed by atoms with van der Waals surface area (Å²) < 4.78 is 18.7. The Morgan fingerprint density at radius 3 is 2.69 bits per heavy atom. The van der Waals surface area contributed by atoms with Gasteiger partial charge in [0.25, 0.3) is 6.47 Å². The van der Waals surface area contributed by atoms with Crippen LogP contribution in [-0.4, -0.2) is 54.8 Å². The first-order valence-corrected chi connectivity index (χ1v) is 10.7. The molecule has 1 aromatic heterocycles. The van der Waals surface area contributed by atoms with Crippen LogP contribution in [0.1, 0.15) is 30.9 Å². The number of pyridine rings is 1. The molecule has 0 aliphatic heterocycles. The number of carbonyl (C=O) groups is 1. The second kappa shape index (κ2) is 10.4. The van der Waals surface area contributed by atoms with E-state index in [0.717, 1.165) is 34.4 Å². The Morgan fingerprint density at radius 1 is 1.22 bits per heavy atom. The SMILES string of the molecule is Cc1cc(-c2c(C(C)C)c(NCCN(C)CCOC=O)nc3cc(O)ccc23)ccc1F. The summed E-state index contributed by atoms with van der Waals surface area (Å²) in [6.45, 7) is 8.77. The Balaban J connectivity index is 2.03. The maximum Gasteiger partial charge on any atom is 0.293 e. The molecule has 3 aromatic rings. The molecule has 6 nitrogen and oxygen atoms in total. The Hall–Kier alpha value is -3.19. The van der Waals surface area contributed by atoms with E-state index in [9.17, 15) is 14.3 Å². The lowest BCUT2D eigenvalue weighted by molar-refractivity contribution is -0.129. The number of phenols is 1. The Bertz CT molecular complexity index is 1100. The summed E-state index contributed by atoms with van der Waals surface area (Å²) in [6, 6.07) is 10.3. The van der Waals surface area contributed by atoms with E-state index in [0.29, 0.717) is 37.2 Å². The lowest BCUT2D eigenvalue weighted by Crippen LogP contribution is -2.28. The van der Waals surface area contributed by atoms with E-state index in [4.69, 9.17) is 9.72 Å². The summed E-state index contributed by atoms with van der Waals surface area (Å²) in [6.07, 6.45) is 0. The third kappa shape index (κ3) is 5.34. The zero-order chi connectivity index (χ0) is 23.3. The predicted molar refractivity (Wildman–Crippen MR) is 126 cm³/mol. The zero-order valence-electron chi connectivity index (χ0n) is 19.0. The minimum atomic E-state index is -0.240. The first-order chi connectivity index (χ1) is 15.3. The Morgan fingerprint density at radius 2 is 2.00 bits per heavy atom. The lowest BCUT2D eigenvalue weighted by Gasteiger charge is -2.22. The van der Waals surface area contributed by atoms with Crippen molar-refractivity contribution < 1.29 is 19.0 Å². The van der Waals surface area contributed by atoms with Crippen LogP contribution >= 0.6 is 0 Å². The number of aromatic nitrogens is 1. The van der Waals surface area contributed by atoms with Gasteiger partial charge in [-0.05, 0) is 60.8 Å². The number of rotatable bonds is 10. The van der Waals surface area contributed by atoms with Crippen molar-refractivity contribution in [3.63, 3.8) is 0 Å². The number of aryl methyl sites for hydroxylation is 1. The van der Waals surface area contributed by atoms with Gasteiger partial charge in [-0.25, -0.2) is 9.37 Å². The molecule has 0 saturated carbocycles. The zero-order valence-corrected chi connectivity index (χ0v) is 19.0. The van der Waals surface area contributed by atoms with Gasteiger partial charge in [0.1, 0.15) is 24.0 Å². The molecular formula is C25H30FN3O3. The molecule has 0 bridgehead atoms. The third-order valence-corrected chi connectivity index (χ3v) is 5.48. The van der Waals surface area contributed by atoms with Crippen molar-refractivity contribution in [2.75, 3.05) is 38.6 Å². The summed E-state index contributed by atoms with van der Waals surface area (Å²) in [7, 11) is 1.96. The number of hydrogen-bond acceptors (Lipinski definition) is 6. The van der Waals surface area contributed by atoms with Gasteiger partial charge < -0.3 is 20.1 Å². The second-order valence-corrected chi connectivity index (χ2v) is 8.27. The quantitative estimate of drug-likeness (QED) is 0.353. The number of benzene rings is 2. The molecule has 32 heavy (non-hydrogen) atoms. The molecule has 0 amide bonds. The van der Waals surface area contributed by atoms with E-state index in [-0.39, 0.29) is 17.5 Å². The first-order valence-electron chi connectivity index (χ1n) is 10.7. The number of fused-ring (bicyclic) bond motifs is 1. The van der Waals surface area contributed by atoms with Crippen LogP contribution in [0.2, 0.25) is 0 Å². The van der Waals surface area contributed by atoms with Crippen LogP contribution in [0.15, 0.2) is 36.4 Å². The normalized spacial score (nSPS) is 11.3. The van der Waals surface area contributed by atoms with E-state index >= 15 is 0 Å². The van der Waals surface area contributed by atoms with E-state index in [1.54, 1.807) is 25.1 Å². The van der Waals surface area contributed by atoms with Gasteiger partial charge in [0.05, 0.1) is 5.52 Å². The molecule has 0 saturated heterocycles. The number of halogens is 1. The van der Waals surface area contributed by atoms with Gasteiger partial charge in [0.15, 0.2) is 0 Å². The summed E-state index contributed by atoms with van der Waals surface area (Å²) in [4.78, 5) is 17.2. The number of anilines is 1. The van der Waals surface area contributed by atoms with Gasteiger partial charge in [-0.15, -0.1) is 0 Å². The summed E-state index contributed by atoms with van der Waals surface area (Å²) in [5.74, 6) is 0.801. The van der Waals surface area contributed by atoms with Crippen LogP contribution in [0.25, 0.3) is 22.0 Å². The topological polar surface area (TPSA) is 74.7 Å². The molecule has 170 valence electrons. The molecular weight excluding hydrogens is 409 g/mol. The number of nitrogens with one attached hydrogen (secondary N) is 1. The van der Waals surface area contributed by atoms with Crippen LogP contribution in [0.3, 0.4) is 0 Å². The minimum Gasteiger partial charge on any atom is -0.508 e. The number of phenolic OH excluding ortho intramolecular Hbond substituents is 1. The van der Waals surface area contributed by atoms with Gasteiger partial charge in [-0.1, -0.05) is 19.9 Å². The maximum absolute atomic E-state index is 14.0. The van der Waals surface area contributed by atoms with E-state index < -0.39 is 0 Å². The van der Waals surface area contributed by atoms with Crippen molar-refractivity contribution in [2.45, 2.75) is 26.7 Å². The fourth-order valence-corrected chi connectivity index (χ4v) is 3.81. The van der Waals surface area contributed by atoms with Crippen LogP contribution in [0.4, 0.5) is 10.2 Å². The van der Waals surface area contributed by atoms with Gasteiger partial charge in [0.2, 0.25) is 0 Å². The van der Waals surface area contributed by atoms with E-state index in [2.05, 4.69) is 24.1 Å². The highest BCUT2D eigenvalue weighted by Crippen LogP contribution is 2.40. The van der Waals surface area contributed by atoms with Crippen molar-refractivity contribution in [3.8, 4) is 16.9 Å². The van der Waals surface area contributed by atoms with E-state index in [1.165, 1.54) is 6.07 Å². The van der Waals surface area contributed by atoms with Crippen LogP contribution in [0, 0.1) is 12.7 Å². The average molecular weight is 440 g/mol. The van der Waals surface area contributed by atoms with Gasteiger partial charge in [-0.2, -0.15) is 0 Å². The number of carbonyl (C=O) groups excluding carboxylic acids is 1. The van der Waals surface area contributed by atoms with Crippen molar-refractivity contribution >= 4 is 23.2 Å². The molecule has 3 rings (SSSR count). The highest BCUT2D eigenvalue weighted by atomic mass is 19.1. The molecule has 0 atom stereocenters. The highest BCUT2D eigenvalue weighted by Gasteiger charge is 2.20. The van der Waals surface area contributed by atoms with Crippen LogP contribution in [0.5, 0.6) is 5.75 Å². The fraction of sp³-hybridized carbons (Fsp3) is 0.360. The van der Waals surface area contributed by atoms with Crippen molar-refractivity contribution in [3.05, 3.63) is 53.3 Å². The molecule has 7 heteroatoms. The predicted octanol–water partition coefficient (Wildman–Crippen LogP) is 4.70. The number of likely N-dealkylation sites (N-methyl/N-ethyl adjacent to an activating group) is 1. The molecule has 0 aliphatic rings. The molecule has 2 aromatic carbocycles. The second-order valence-electron chi connectivity index (χ2n) is 8.27. The standard InChI is InChI=1S/C25H30FN3O3/c1-16(2)23-24(18-5-8-21(26)17(3)13-18)20-7-6-19(31)14-22(20)28-25(23)27-9-10-29(4)11-12-32-15-30/h5-8,13-16,31H,9-12H2,1-4H3,(H,27,28). The highest BCUT2D eigenvalue weighted by molar-refractivity contribution is 5.99. The van der Waals surface area contributed by atoms with Crippen LogP contribution < -0.4 is 5.32 Å². The first kappa shape index (κ1) is 23.5. The minimum absolute atomic E-state index is 0.143. The number of ether oxygens (including phenoxy) is 1. The third-order valence-electron chi connectivity index (χ3n) is 5.48. The molecule has 0 aliphatic carbocycles. The van der Waals surface area contributed by atoms with Gasteiger partial charge in [0, 0.05) is 36.7 Å². The molecule has 1 heterocycles. The number of aromatic hydroxyl groups is 1. The van der Waals surface area contributed by atoms with Crippen molar-refractivity contribution in [1.29, 1.82) is 0 Å². The summed E-state index contributed by atoms with van der Waals surface area (Å²) in [5.41, 5.74) is 4.19. The lowest BCUT2D eigenvalue weighted by atomic mass is 9.89. The van der Waals surface area contributed by atoms with Gasteiger partial charge >= 0.3 is 0 Å². The number of hydrogen-bond donors (Lipinski definition) is 2. The monoisotopic (exact) mass is 439 g/mol. The largest absolute Gasteiger partial charge is 0.508 e. The maximum atomic E-state index is 14.0. The number of nitrogens with zero attached hydrogens (tertiary/aromatic N) is 2. The van der Waals surface area contributed by atoms with Gasteiger partial charge in [-0.3, -0.25) is 4.79 Å². The Kier molecular flexibility index (Phi) is 7.64. The molecule has 0 radical (unpaired) electrons. The smallest absolute Gasteiger partial charge is 0.293 e. The van der Waals surface area contributed by atoms with Crippen molar-refractivity contribution in [2.24, 2.45) is 0 Å². The molecule has 2 N–H and O–H groups in total. The average Bonchev–Trinajstić information content (AvgIpc) is 2.74. The molecule has 0 unspecified atom stereocenters. The van der Waals surface area contributed by atoms with Crippen LogP contribution in [-0.2, 0) is 9.53 Å². The molecule has 0 fully saturated rings. The fourth-order valence-electron chi connectivity index (χ4n) is 3.81. The van der Waals surface area contributed by atoms with E-state index in [1.807, 2.05) is 19.2 Å². The molecule has 0 spiro atoms. The van der Waals surface area contributed by atoms with Crippen molar-refractivity contribution in [1.82, 2.24) is 9.88 Å².